The van der Waals surface area contributed by atoms with Crippen molar-refractivity contribution in [3.8, 4) is 11.5 Å². The highest BCUT2D eigenvalue weighted by Crippen LogP contribution is 2.38. The first-order chi connectivity index (χ1) is 15.0. The molecule has 1 atom stereocenters. The Morgan fingerprint density at radius 1 is 1.23 bits per heavy atom. The number of fused-ring (bicyclic) bond motifs is 1. The Morgan fingerprint density at radius 3 is 2.71 bits per heavy atom. The van der Waals surface area contributed by atoms with Crippen molar-refractivity contribution in [1.82, 2.24) is 14.8 Å². The molecule has 0 spiro atoms. The van der Waals surface area contributed by atoms with Crippen LogP contribution in [0.2, 0.25) is 0 Å². The van der Waals surface area contributed by atoms with Gasteiger partial charge in [0.05, 0.1) is 19.3 Å². The number of hydrogen-bond donors (Lipinski definition) is 2. The molecule has 0 bridgehead atoms. The molecule has 1 aliphatic heterocycles. The van der Waals surface area contributed by atoms with Crippen molar-refractivity contribution in [3.05, 3.63) is 69.2 Å². The van der Waals surface area contributed by atoms with E-state index in [4.69, 9.17) is 9.47 Å². The molecule has 2 heterocycles. The summed E-state index contributed by atoms with van der Waals surface area (Å²) in [5.74, 6) is 1.59. The largest absolute Gasteiger partial charge is 0.493 e. The van der Waals surface area contributed by atoms with Crippen LogP contribution in [0.4, 0.5) is 11.6 Å². The summed E-state index contributed by atoms with van der Waals surface area (Å²) in [6.45, 7) is 4.31. The van der Waals surface area contributed by atoms with E-state index in [1.54, 1.807) is 11.8 Å². The predicted octanol–water partition coefficient (Wildman–Crippen LogP) is 4.22. The van der Waals surface area contributed by atoms with Crippen molar-refractivity contribution < 1.29 is 14.3 Å². The van der Waals surface area contributed by atoms with E-state index >= 15 is 0 Å². The van der Waals surface area contributed by atoms with Crippen molar-refractivity contribution in [2.75, 3.05) is 24.4 Å². The van der Waals surface area contributed by atoms with Crippen molar-refractivity contribution in [3.63, 3.8) is 0 Å². The van der Waals surface area contributed by atoms with Crippen LogP contribution in [0.3, 0.4) is 0 Å². The van der Waals surface area contributed by atoms with Crippen LogP contribution in [0, 0.1) is 3.57 Å². The second kappa shape index (κ2) is 8.96. The summed E-state index contributed by atoms with van der Waals surface area (Å²) in [5, 5.41) is 10.5. The minimum atomic E-state index is -0.479. The normalized spacial score (nSPS) is 15.2. The number of amides is 1. The lowest BCUT2D eigenvalue weighted by atomic mass is 9.94. The molecule has 3 aromatic rings. The number of nitrogens with zero attached hydrogens (tertiary/aromatic N) is 3. The fraction of sp³-hybridized carbons (Fsp3) is 0.227. The predicted molar refractivity (Wildman–Crippen MR) is 126 cm³/mol. The third-order valence-corrected chi connectivity index (χ3v) is 5.66. The van der Waals surface area contributed by atoms with Crippen molar-refractivity contribution in [2.45, 2.75) is 19.9 Å². The van der Waals surface area contributed by atoms with E-state index in [1.807, 2.05) is 56.3 Å². The topological polar surface area (TPSA) is 90.3 Å². The highest BCUT2D eigenvalue weighted by molar-refractivity contribution is 14.1. The Kier molecular flexibility index (Phi) is 6.12. The molecule has 1 unspecified atom stereocenters. The van der Waals surface area contributed by atoms with Gasteiger partial charge < -0.3 is 20.1 Å². The molecule has 9 heteroatoms. The Bertz CT molecular complexity index is 1140. The lowest BCUT2D eigenvalue weighted by Gasteiger charge is -2.29. The van der Waals surface area contributed by atoms with Gasteiger partial charge in [-0.2, -0.15) is 10.1 Å². The van der Waals surface area contributed by atoms with E-state index in [0.717, 1.165) is 14.8 Å². The Balaban J connectivity index is 1.76. The lowest BCUT2D eigenvalue weighted by Crippen LogP contribution is -2.31. The fourth-order valence-corrected chi connectivity index (χ4v) is 3.91. The van der Waals surface area contributed by atoms with Crippen LogP contribution < -0.4 is 20.1 Å². The number of ether oxygens (including phenoxy) is 2. The number of aromatic nitrogens is 3. The van der Waals surface area contributed by atoms with Gasteiger partial charge in [-0.1, -0.05) is 6.07 Å². The molecule has 0 fully saturated rings. The SMILES string of the molecule is CCOc1ccc(C2C(C(=O)Nc3ccc(I)cc3)=C(C)Nc3ncnn32)cc1OC. The maximum absolute atomic E-state index is 13.4. The molecule has 0 radical (unpaired) electrons. The third kappa shape index (κ3) is 4.22. The Hall–Kier alpha value is -3.08. The van der Waals surface area contributed by atoms with E-state index < -0.39 is 6.04 Å². The maximum atomic E-state index is 13.4. The van der Waals surface area contributed by atoms with E-state index in [-0.39, 0.29) is 5.91 Å². The highest BCUT2D eigenvalue weighted by atomic mass is 127. The smallest absolute Gasteiger partial charge is 0.255 e. The summed E-state index contributed by atoms with van der Waals surface area (Å²) in [6, 6.07) is 12.8. The van der Waals surface area contributed by atoms with Gasteiger partial charge in [0.1, 0.15) is 12.4 Å². The van der Waals surface area contributed by atoms with Crippen LogP contribution in [0.5, 0.6) is 11.5 Å². The zero-order chi connectivity index (χ0) is 22.0. The van der Waals surface area contributed by atoms with Crippen molar-refractivity contribution in [2.24, 2.45) is 0 Å². The Labute approximate surface area is 193 Å². The minimum absolute atomic E-state index is 0.217. The molecule has 160 valence electrons. The number of hydrogen-bond acceptors (Lipinski definition) is 6. The van der Waals surface area contributed by atoms with E-state index in [9.17, 15) is 4.79 Å². The van der Waals surface area contributed by atoms with Gasteiger partial charge >= 0.3 is 0 Å². The maximum Gasteiger partial charge on any atom is 0.255 e. The standard InChI is InChI=1S/C22H22IN5O3/c1-4-31-17-10-5-14(11-18(17)30-3)20-19(13(2)26-22-24-12-25-28(20)22)21(29)27-16-8-6-15(23)7-9-16/h5-12,20H,4H2,1-3H3,(H,27,29)(H,24,25,26). The lowest BCUT2D eigenvalue weighted by molar-refractivity contribution is -0.113. The number of anilines is 2. The van der Waals surface area contributed by atoms with Crippen LogP contribution in [0.15, 0.2) is 60.1 Å². The molecule has 0 aliphatic carbocycles. The average molecular weight is 531 g/mol. The van der Waals surface area contributed by atoms with Gasteiger partial charge in [-0.15, -0.1) is 0 Å². The van der Waals surface area contributed by atoms with Gasteiger partial charge in [0.15, 0.2) is 11.5 Å². The number of rotatable bonds is 6. The molecular weight excluding hydrogens is 509 g/mol. The molecule has 4 rings (SSSR count). The van der Waals surface area contributed by atoms with Crippen LogP contribution in [0.1, 0.15) is 25.5 Å². The van der Waals surface area contributed by atoms with Gasteiger partial charge in [0, 0.05) is 15.0 Å². The summed E-state index contributed by atoms with van der Waals surface area (Å²) >= 11 is 2.23. The summed E-state index contributed by atoms with van der Waals surface area (Å²) in [5.41, 5.74) is 2.81. The van der Waals surface area contributed by atoms with Crippen molar-refractivity contribution in [1.29, 1.82) is 0 Å². The van der Waals surface area contributed by atoms with Gasteiger partial charge in [-0.3, -0.25) is 4.79 Å². The van der Waals surface area contributed by atoms with Gasteiger partial charge in [-0.05, 0) is 78.4 Å². The molecule has 1 aliphatic rings. The van der Waals surface area contributed by atoms with E-state index in [0.29, 0.717) is 35.3 Å². The summed E-state index contributed by atoms with van der Waals surface area (Å²) in [6.07, 6.45) is 1.47. The number of halogens is 1. The molecule has 2 N–H and O–H groups in total. The van der Waals surface area contributed by atoms with Crippen LogP contribution in [-0.4, -0.2) is 34.4 Å². The Morgan fingerprint density at radius 2 is 2.00 bits per heavy atom. The number of nitrogens with one attached hydrogen (secondary N) is 2. The summed E-state index contributed by atoms with van der Waals surface area (Å²) in [4.78, 5) is 17.7. The first-order valence-corrected chi connectivity index (χ1v) is 10.8. The molecule has 0 saturated carbocycles. The number of carbonyl (C=O) groups is 1. The summed E-state index contributed by atoms with van der Waals surface area (Å²) < 4.78 is 14.0. The third-order valence-electron chi connectivity index (χ3n) is 4.94. The quantitative estimate of drug-likeness (QED) is 0.464. The second-order valence-electron chi connectivity index (χ2n) is 6.90. The molecular formula is C22H22IN5O3. The minimum Gasteiger partial charge on any atom is -0.493 e. The second-order valence-corrected chi connectivity index (χ2v) is 8.14. The summed E-state index contributed by atoms with van der Waals surface area (Å²) in [7, 11) is 1.59. The van der Waals surface area contributed by atoms with Gasteiger partial charge in [-0.25, -0.2) is 4.68 Å². The van der Waals surface area contributed by atoms with Crippen LogP contribution in [-0.2, 0) is 4.79 Å². The molecule has 0 saturated heterocycles. The number of methoxy groups -OCH3 is 1. The fourth-order valence-electron chi connectivity index (χ4n) is 3.55. The first-order valence-electron chi connectivity index (χ1n) is 9.76. The van der Waals surface area contributed by atoms with Crippen LogP contribution in [0.25, 0.3) is 0 Å². The zero-order valence-electron chi connectivity index (χ0n) is 17.3. The highest BCUT2D eigenvalue weighted by Gasteiger charge is 2.34. The zero-order valence-corrected chi connectivity index (χ0v) is 19.5. The number of benzene rings is 2. The van der Waals surface area contributed by atoms with Crippen LogP contribution >= 0.6 is 22.6 Å². The number of allylic oxidation sites excluding steroid dienone is 1. The monoisotopic (exact) mass is 531 g/mol. The van der Waals surface area contributed by atoms with Gasteiger partial charge in [0.2, 0.25) is 5.95 Å². The molecule has 1 aromatic heterocycles. The number of carbonyl (C=O) groups excluding carboxylic acids is 1. The van der Waals surface area contributed by atoms with Crippen molar-refractivity contribution >= 4 is 40.1 Å². The molecule has 8 nitrogen and oxygen atoms in total. The van der Waals surface area contributed by atoms with E-state index in [2.05, 4.69) is 43.3 Å². The molecule has 31 heavy (non-hydrogen) atoms. The average Bonchev–Trinajstić information content (AvgIpc) is 3.23. The van der Waals surface area contributed by atoms with Gasteiger partial charge in [0.25, 0.3) is 5.91 Å². The molecule has 2 aromatic carbocycles. The van der Waals surface area contributed by atoms with E-state index in [1.165, 1.54) is 6.33 Å². The molecule has 1 amide bonds. The first kappa shape index (κ1) is 21.2.